The average molecular weight is 288 g/mol. The van der Waals surface area contributed by atoms with Crippen LogP contribution in [0.5, 0.6) is 0 Å². The summed E-state index contributed by atoms with van der Waals surface area (Å²) in [5.41, 5.74) is 6.37. The van der Waals surface area contributed by atoms with Gasteiger partial charge in [-0.15, -0.1) is 0 Å². The van der Waals surface area contributed by atoms with Crippen LogP contribution in [0.25, 0.3) is 11.0 Å². The van der Waals surface area contributed by atoms with Crippen molar-refractivity contribution in [1.82, 2.24) is 19.9 Å². The largest absolute Gasteiger partial charge is 0.384 e. The molecule has 0 spiro atoms. The Morgan fingerprint density at radius 2 is 2.00 bits per heavy atom. The Morgan fingerprint density at radius 3 is 2.76 bits per heavy atom. The van der Waals surface area contributed by atoms with Gasteiger partial charge in [0.25, 0.3) is 0 Å². The van der Waals surface area contributed by atoms with E-state index in [1.54, 1.807) is 19.5 Å². The number of methoxy groups -OCH3 is 1. The number of rotatable bonds is 4. The summed E-state index contributed by atoms with van der Waals surface area (Å²) in [6, 6.07) is 3.74. The molecule has 21 heavy (non-hydrogen) atoms. The maximum atomic E-state index is 5.71. The third-order valence-electron chi connectivity index (χ3n) is 3.78. The van der Waals surface area contributed by atoms with E-state index in [2.05, 4.69) is 24.8 Å². The van der Waals surface area contributed by atoms with Gasteiger partial charge in [-0.1, -0.05) is 0 Å². The number of piperazine rings is 1. The number of anilines is 2. The van der Waals surface area contributed by atoms with Crippen LogP contribution in [0.3, 0.4) is 0 Å². The minimum absolute atomic E-state index is 0.483. The highest BCUT2D eigenvalue weighted by molar-refractivity contribution is 5.87. The number of ether oxygens (including phenoxy) is 1. The Hall–Kier alpha value is -1.99. The molecule has 0 saturated carbocycles. The van der Waals surface area contributed by atoms with Crippen molar-refractivity contribution in [2.24, 2.45) is 0 Å². The summed E-state index contributed by atoms with van der Waals surface area (Å²) in [5.74, 6) is 1.43. The molecule has 112 valence electrons. The van der Waals surface area contributed by atoms with Crippen LogP contribution in [0.4, 0.5) is 11.6 Å². The number of fused-ring (bicyclic) bond motifs is 1. The van der Waals surface area contributed by atoms with Gasteiger partial charge in [0.15, 0.2) is 5.65 Å². The maximum Gasteiger partial charge on any atom is 0.166 e. The molecule has 7 nitrogen and oxygen atoms in total. The van der Waals surface area contributed by atoms with E-state index in [9.17, 15) is 0 Å². The van der Waals surface area contributed by atoms with Gasteiger partial charge in [0.2, 0.25) is 0 Å². The van der Waals surface area contributed by atoms with E-state index < -0.39 is 0 Å². The van der Waals surface area contributed by atoms with Crippen molar-refractivity contribution in [3.05, 3.63) is 18.5 Å². The lowest BCUT2D eigenvalue weighted by Crippen LogP contribution is -2.47. The van der Waals surface area contributed by atoms with Crippen molar-refractivity contribution in [2.75, 3.05) is 57.1 Å². The topological polar surface area (TPSA) is 80.4 Å². The van der Waals surface area contributed by atoms with Gasteiger partial charge >= 0.3 is 0 Å². The van der Waals surface area contributed by atoms with E-state index in [0.717, 1.165) is 50.5 Å². The van der Waals surface area contributed by atoms with E-state index in [-0.39, 0.29) is 0 Å². The zero-order chi connectivity index (χ0) is 14.7. The summed E-state index contributed by atoms with van der Waals surface area (Å²) in [6.07, 6.45) is 1.56. The van der Waals surface area contributed by atoms with Crippen LogP contribution in [0.2, 0.25) is 0 Å². The van der Waals surface area contributed by atoms with E-state index in [1.165, 1.54) is 0 Å². The summed E-state index contributed by atoms with van der Waals surface area (Å²) in [4.78, 5) is 17.6. The summed E-state index contributed by atoms with van der Waals surface area (Å²) >= 11 is 0. The molecular formula is C14H20N6O. The molecule has 3 rings (SSSR count). The van der Waals surface area contributed by atoms with E-state index in [0.29, 0.717) is 11.5 Å². The highest BCUT2D eigenvalue weighted by atomic mass is 16.5. The third-order valence-corrected chi connectivity index (χ3v) is 3.78. The fourth-order valence-electron chi connectivity index (χ4n) is 2.60. The lowest BCUT2D eigenvalue weighted by molar-refractivity contribution is 0.144. The SMILES string of the molecule is COCCN1CCN(c2ncnc3nc(N)ccc23)CC1. The zero-order valence-corrected chi connectivity index (χ0v) is 12.2. The van der Waals surface area contributed by atoms with Gasteiger partial charge in [-0.2, -0.15) is 0 Å². The van der Waals surface area contributed by atoms with Crippen molar-refractivity contribution in [2.45, 2.75) is 0 Å². The molecule has 0 aliphatic carbocycles. The normalized spacial score (nSPS) is 16.5. The van der Waals surface area contributed by atoms with Crippen LogP contribution >= 0.6 is 0 Å². The van der Waals surface area contributed by atoms with Gasteiger partial charge in [0.05, 0.1) is 12.0 Å². The van der Waals surface area contributed by atoms with E-state index >= 15 is 0 Å². The number of nitrogens with two attached hydrogens (primary N) is 1. The molecule has 0 bridgehead atoms. The molecule has 1 saturated heterocycles. The first-order valence-corrected chi connectivity index (χ1v) is 7.11. The average Bonchev–Trinajstić information content (AvgIpc) is 2.52. The van der Waals surface area contributed by atoms with Gasteiger partial charge in [-0.25, -0.2) is 15.0 Å². The van der Waals surface area contributed by atoms with Gasteiger partial charge in [0.1, 0.15) is 18.0 Å². The Balaban J connectivity index is 1.76. The fourth-order valence-corrected chi connectivity index (χ4v) is 2.60. The number of pyridine rings is 1. The zero-order valence-electron chi connectivity index (χ0n) is 12.2. The first kappa shape index (κ1) is 14.0. The number of nitrogen functional groups attached to an aromatic ring is 1. The van der Waals surface area contributed by atoms with Crippen LogP contribution in [0.1, 0.15) is 0 Å². The fraction of sp³-hybridized carbons (Fsp3) is 0.500. The molecule has 1 aliphatic rings. The predicted octanol–water partition coefficient (Wildman–Crippen LogP) is 0.375. The van der Waals surface area contributed by atoms with Crippen molar-refractivity contribution in [3.63, 3.8) is 0 Å². The Labute approximate surface area is 123 Å². The van der Waals surface area contributed by atoms with Gasteiger partial charge in [-0.05, 0) is 12.1 Å². The smallest absolute Gasteiger partial charge is 0.166 e. The molecule has 2 aromatic rings. The molecule has 0 atom stereocenters. The highest BCUT2D eigenvalue weighted by Gasteiger charge is 2.19. The molecule has 2 N–H and O–H groups in total. The monoisotopic (exact) mass is 288 g/mol. The summed E-state index contributed by atoms with van der Waals surface area (Å²) in [6.45, 7) is 5.67. The summed E-state index contributed by atoms with van der Waals surface area (Å²) in [7, 11) is 1.74. The molecule has 7 heteroatoms. The second-order valence-corrected chi connectivity index (χ2v) is 5.13. The van der Waals surface area contributed by atoms with Crippen molar-refractivity contribution in [3.8, 4) is 0 Å². The van der Waals surface area contributed by atoms with Crippen molar-refractivity contribution < 1.29 is 4.74 Å². The Kier molecular flexibility index (Phi) is 4.12. The molecule has 1 fully saturated rings. The molecule has 3 heterocycles. The molecule has 0 aromatic carbocycles. The quantitative estimate of drug-likeness (QED) is 0.870. The van der Waals surface area contributed by atoms with Crippen molar-refractivity contribution >= 4 is 22.7 Å². The number of hydrogen-bond acceptors (Lipinski definition) is 7. The summed E-state index contributed by atoms with van der Waals surface area (Å²) < 4.78 is 5.13. The van der Waals surface area contributed by atoms with Crippen LogP contribution in [-0.4, -0.2) is 66.3 Å². The lowest BCUT2D eigenvalue weighted by Gasteiger charge is -2.35. The third kappa shape index (κ3) is 3.03. The predicted molar refractivity (Wildman–Crippen MR) is 82.3 cm³/mol. The van der Waals surface area contributed by atoms with Crippen LogP contribution in [-0.2, 0) is 4.74 Å². The lowest BCUT2D eigenvalue weighted by atomic mass is 10.2. The minimum Gasteiger partial charge on any atom is -0.384 e. The number of aromatic nitrogens is 3. The van der Waals surface area contributed by atoms with E-state index in [4.69, 9.17) is 10.5 Å². The number of nitrogens with zero attached hydrogens (tertiary/aromatic N) is 5. The first-order chi connectivity index (χ1) is 10.3. The van der Waals surface area contributed by atoms with Crippen LogP contribution < -0.4 is 10.6 Å². The second-order valence-electron chi connectivity index (χ2n) is 5.13. The van der Waals surface area contributed by atoms with Crippen molar-refractivity contribution in [1.29, 1.82) is 0 Å². The van der Waals surface area contributed by atoms with Crippen LogP contribution in [0.15, 0.2) is 18.5 Å². The maximum absolute atomic E-state index is 5.71. The highest BCUT2D eigenvalue weighted by Crippen LogP contribution is 2.23. The second kappa shape index (κ2) is 6.19. The number of hydrogen-bond donors (Lipinski definition) is 1. The van der Waals surface area contributed by atoms with E-state index in [1.807, 2.05) is 6.07 Å². The van der Waals surface area contributed by atoms with Crippen LogP contribution in [0, 0.1) is 0 Å². The summed E-state index contributed by atoms with van der Waals surface area (Å²) in [5, 5.41) is 0.956. The van der Waals surface area contributed by atoms with Gasteiger partial charge < -0.3 is 15.4 Å². The minimum atomic E-state index is 0.483. The molecule has 0 unspecified atom stereocenters. The Bertz CT molecular complexity index is 611. The molecule has 1 aliphatic heterocycles. The standard InChI is InChI=1S/C14H20N6O/c1-21-9-8-19-4-6-20(7-5-19)14-11-2-3-12(15)18-13(11)16-10-17-14/h2-3,10H,4-9H2,1H3,(H2,15,16,17,18). The molecule has 0 amide bonds. The molecule has 0 radical (unpaired) electrons. The van der Waals surface area contributed by atoms with Gasteiger partial charge in [0, 0.05) is 39.8 Å². The van der Waals surface area contributed by atoms with Gasteiger partial charge in [-0.3, -0.25) is 4.90 Å². The molecular weight excluding hydrogens is 268 g/mol. The molecule has 2 aromatic heterocycles. The Morgan fingerprint density at radius 1 is 1.19 bits per heavy atom. The first-order valence-electron chi connectivity index (χ1n) is 7.11.